The molecule has 2 saturated heterocycles. The highest BCUT2D eigenvalue weighted by Crippen LogP contribution is 2.54. The number of hydrogen-bond acceptors (Lipinski definition) is 3. The Bertz CT molecular complexity index is 350. The van der Waals surface area contributed by atoms with Crippen molar-refractivity contribution < 1.29 is 14.2 Å². The second-order valence-corrected chi connectivity index (χ2v) is 7.09. The van der Waals surface area contributed by atoms with Crippen molar-refractivity contribution in [1.82, 2.24) is 0 Å². The van der Waals surface area contributed by atoms with Crippen molar-refractivity contribution >= 4 is 0 Å². The Balaban J connectivity index is 1.57. The van der Waals surface area contributed by atoms with E-state index in [1.165, 1.54) is 19.3 Å². The van der Waals surface area contributed by atoms with E-state index in [2.05, 4.69) is 13.8 Å². The lowest BCUT2D eigenvalue weighted by Crippen LogP contribution is -2.42. The van der Waals surface area contributed by atoms with Crippen LogP contribution in [0.2, 0.25) is 0 Å². The van der Waals surface area contributed by atoms with Gasteiger partial charge in [-0.25, -0.2) is 0 Å². The van der Waals surface area contributed by atoms with Crippen LogP contribution in [0.15, 0.2) is 0 Å². The van der Waals surface area contributed by atoms with Crippen LogP contribution in [0.3, 0.4) is 0 Å². The summed E-state index contributed by atoms with van der Waals surface area (Å²) in [6, 6.07) is 0. The molecule has 0 radical (unpaired) electrons. The minimum absolute atomic E-state index is 0.195. The van der Waals surface area contributed by atoms with E-state index >= 15 is 0 Å². The van der Waals surface area contributed by atoms with Crippen LogP contribution in [-0.2, 0) is 14.2 Å². The van der Waals surface area contributed by atoms with E-state index in [1.54, 1.807) is 0 Å². The molecule has 1 unspecified atom stereocenters. The fraction of sp³-hybridized carbons (Fsp3) is 1.00. The van der Waals surface area contributed by atoms with Gasteiger partial charge in [0.05, 0.1) is 18.3 Å². The Hall–Kier alpha value is -0.120. The van der Waals surface area contributed by atoms with Gasteiger partial charge in [-0.1, -0.05) is 13.3 Å². The van der Waals surface area contributed by atoms with Crippen molar-refractivity contribution in [3.05, 3.63) is 0 Å². The van der Waals surface area contributed by atoms with Gasteiger partial charge in [-0.3, -0.25) is 0 Å². The first-order valence-corrected chi connectivity index (χ1v) is 7.61. The van der Waals surface area contributed by atoms with Crippen molar-refractivity contribution in [2.75, 3.05) is 0 Å². The third-order valence-corrected chi connectivity index (χ3v) is 5.76. The van der Waals surface area contributed by atoms with Crippen LogP contribution in [0.1, 0.15) is 58.8 Å². The zero-order chi connectivity index (χ0) is 12.4. The molecule has 18 heavy (non-hydrogen) atoms. The highest BCUT2D eigenvalue weighted by atomic mass is 16.8. The van der Waals surface area contributed by atoms with E-state index in [4.69, 9.17) is 14.2 Å². The van der Waals surface area contributed by atoms with E-state index in [0.29, 0.717) is 11.5 Å². The van der Waals surface area contributed by atoms with Crippen LogP contribution in [0, 0.1) is 5.41 Å². The number of fused-ring (bicyclic) bond motifs is 4. The van der Waals surface area contributed by atoms with Gasteiger partial charge in [0, 0.05) is 12.8 Å². The quantitative estimate of drug-likeness (QED) is 0.663. The van der Waals surface area contributed by atoms with Crippen LogP contribution in [0.5, 0.6) is 0 Å². The predicted molar refractivity (Wildman–Crippen MR) is 67.2 cm³/mol. The van der Waals surface area contributed by atoms with E-state index in [9.17, 15) is 0 Å². The first-order chi connectivity index (χ1) is 8.60. The maximum Gasteiger partial charge on any atom is 0.169 e. The van der Waals surface area contributed by atoms with Crippen LogP contribution in [0.4, 0.5) is 0 Å². The predicted octanol–water partition coefficient (Wildman–Crippen LogP) is 3.02. The van der Waals surface area contributed by atoms with Gasteiger partial charge >= 0.3 is 0 Å². The van der Waals surface area contributed by atoms with E-state index in [-0.39, 0.29) is 24.1 Å². The largest absolute Gasteiger partial charge is 0.372 e. The molecule has 2 aliphatic heterocycles. The summed E-state index contributed by atoms with van der Waals surface area (Å²) < 4.78 is 18.9. The number of hydrogen-bond donors (Lipinski definition) is 0. The molecule has 4 rings (SSSR count). The van der Waals surface area contributed by atoms with Gasteiger partial charge in [-0.05, 0) is 38.0 Å². The molecule has 102 valence electrons. The summed E-state index contributed by atoms with van der Waals surface area (Å²) in [7, 11) is 0. The molecule has 4 aliphatic rings. The summed E-state index contributed by atoms with van der Waals surface area (Å²) in [6.45, 7) is 4.56. The third kappa shape index (κ3) is 1.53. The Morgan fingerprint density at radius 2 is 1.67 bits per heavy atom. The fourth-order valence-corrected chi connectivity index (χ4v) is 4.50. The van der Waals surface area contributed by atoms with E-state index in [1.807, 2.05) is 0 Å². The van der Waals surface area contributed by atoms with Gasteiger partial charge in [-0.2, -0.15) is 0 Å². The monoisotopic (exact) mass is 252 g/mol. The molecule has 3 nitrogen and oxygen atoms in total. The first kappa shape index (κ1) is 11.7. The molecule has 2 bridgehead atoms. The summed E-state index contributed by atoms with van der Waals surface area (Å²) >= 11 is 0. The van der Waals surface area contributed by atoms with Crippen molar-refractivity contribution in [2.45, 2.75) is 89.0 Å². The van der Waals surface area contributed by atoms with Crippen LogP contribution in [0.25, 0.3) is 0 Å². The Morgan fingerprint density at radius 3 is 2.44 bits per heavy atom. The van der Waals surface area contributed by atoms with Gasteiger partial charge in [0.25, 0.3) is 0 Å². The highest BCUT2D eigenvalue weighted by molar-refractivity contribution is 5.06. The van der Waals surface area contributed by atoms with Gasteiger partial charge in [0.2, 0.25) is 0 Å². The fourth-order valence-electron chi connectivity index (χ4n) is 4.50. The lowest BCUT2D eigenvalue weighted by molar-refractivity contribution is -0.203. The Morgan fingerprint density at radius 1 is 0.944 bits per heavy atom. The van der Waals surface area contributed by atoms with Crippen molar-refractivity contribution in [3.63, 3.8) is 0 Å². The molecule has 0 N–H and O–H groups in total. The van der Waals surface area contributed by atoms with Crippen LogP contribution in [-0.4, -0.2) is 30.2 Å². The molecule has 1 spiro atoms. The van der Waals surface area contributed by atoms with Gasteiger partial charge in [0.1, 0.15) is 6.10 Å². The zero-order valence-corrected chi connectivity index (χ0v) is 11.5. The maximum atomic E-state index is 6.39. The van der Waals surface area contributed by atoms with Crippen molar-refractivity contribution in [1.29, 1.82) is 0 Å². The molecule has 0 aromatic carbocycles. The molecule has 3 heteroatoms. The first-order valence-electron chi connectivity index (χ1n) is 7.61. The lowest BCUT2D eigenvalue weighted by atomic mass is 9.72. The molecule has 0 aromatic heterocycles. The molecular formula is C15H24O3. The second-order valence-electron chi connectivity index (χ2n) is 7.09. The molecule has 4 fully saturated rings. The SMILES string of the molecule is CC1O[C@@H]2C[C@@]1(C)C[C@H]1OC3(CCCCC3)O[C@@H]21. The smallest absolute Gasteiger partial charge is 0.169 e. The molecule has 5 atom stereocenters. The van der Waals surface area contributed by atoms with Crippen molar-refractivity contribution in [2.24, 2.45) is 5.41 Å². The summed E-state index contributed by atoms with van der Waals surface area (Å²) in [5.74, 6) is -0.249. The topological polar surface area (TPSA) is 27.7 Å². The normalized spacial score (nSPS) is 53.7. The minimum atomic E-state index is -0.249. The minimum Gasteiger partial charge on any atom is -0.372 e. The summed E-state index contributed by atoms with van der Waals surface area (Å²) in [5.41, 5.74) is 0.301. The van der Waals surface area contributed by atoms with Gasteiger partial charge < -0.3 is 14.2 Å². The summed E-state index contributed by atoms with van der Waals surface area (Å²) in [6.07, 6.45) is 9.34. The second kappa shape index (κ2) is 3.71. The molecule has 2 aliphatic carbocycles. The number of rotatable bonds is 0. The van der Waals surface area contributed by atoms with E-state index in [0.717, 1.165) is 25.7 Å². The van der Waals surface area contributed by atoms with Crippen LogP contribution < -0.4 is 0 Å². The summed E-state index contributed by atoms with van der Waals surface area (Å²) in [4.78, 5) is 0. The highest BCUT2D eigenvalue weighted by Gasteiger charge is 2.60. The maximum absolute atomic E-state index is 6.39. The molecule has 0 amide bonds. The zero-order valence-electron chi connectivity index (χ0n) is 11.5. The van der Waals surface area contributed by atoms with Gasteiger partial charge in [-0.15, -0.1) is 0 Å². The van der Waals surface area contributed by atoms with Crippen LogP contribution >= 0.6 is 0 Å². The average Bonchev–Trinajstić information content (AvgIpc) is 2.79. The van der Waals surface area contributed by atoms with Gasteiger partial charge in [0.15, 0.2) is 5.79 Å². The molecule has 2 heterocycles. The van der Waals surface area contributed by atoms with E-state index < -0.39 is 0 Å². The number of ether oxygens (including phenoxy) is 3. The Labute approximate surface area is 109 Å². The summed E-state index contributed by atoms with van der Waals surface area (Å²) in [5, 5.41) is 0. The molecular weight excluding hydrogens is 228 g/mol. The lowest BCUT2D eigenvalue weighted by Gasteiger charge is -2.34. The van der Waals surface area contributed by atoms with Crippen molar-refractivity contribution in [3.8, 4) is 0 Å². The standard InChI is InChI=1S/C15H24O3/c1-10-14(2)8-11(16-10)13-12(9-14)17-15(18-13)6-4-3-5-7-15/h10-13H,3-9H2,1-2H3/t10?,11-,12-,13+,14+/m1/s1. The molecule has 0 aromatic rings. The molecule has 2 saturated carbocycles. The third-order valence-electron chi connectivity index (χ3n) is 5.76. The Kier molecular flexibility index (Phi) is 2.41. The average molecular weight is 252 g/mol.